The number of nitrogens with zero attached hydrogens (tertiary/aromatic N) is 6. The van der Waals surface area contributed by atoms with E-state index in [-0.39, 0.29) is 11.5 Å². The molecule has 1 aromatic carbocycles. The second-order valence-corrected chi connectivity index (χ2v) is 7.90. The van der Waals surface area contributed by atoms with Crippen LogP contribution in [0.15, 0.2) is 30.7 Å². The number of aromatic nitrogens is 5. The Bertz CT molecular complexity index is 1370. The number of benzene rings is 1. The highest BCUT2D eigenvalue weighted by atomic mass is 19.2. The summed E-state index contributed by atoms with van der Waals surface area (Å²) in [6.45, 7) is 2.22. The van der Waals surface area contributed by atoms with Crippen molar-refractivity contribution in [1.29, 1.82) is 0 Å². The van der Waals surface area contributed by atoms with Gasteiger partial charge in [-0.05, 0) is 31.5 Å². The molecule has 32 heavy (non-hydrogen) atoms. The van der Waals surface area contributed by atoms with E-state index in [2.05, 4.69) is 15.1 Å². The molecule has 0 bridgehead atoms. The lowest BCUT2D eigenvalue weighted by Crippen LogP contribution is -2.39. The molecule has 4 aromatic rings. The second-order valence-electron chi connectivity index (χ2n) is 7.90. The summed E-state index contributed by atoms with van der Waals surface area (Å²) < 4.78 is 44.5. The van der Waals surface area contributed by atoms with Gasteiger partial charge in [-0.1, -0.05) is 0 Å². The molecule has 0 saturated carbocycles. The summed E-state index contributed by atoms with van der Waals surface area (Å²) in [5, 5.41) is 5.19. The Labute approximate surface area is 181 Å². The summed E-state index contributed by atoms with van der Waals surface area (Å²) >= 11 is 0. The number of carbonyl (C=O) groups excluding carboxylic acids is 1. The van der Waals surface area contributed by atoms with Crippen LogP contribution in [0.25, 0.3) is 22.3 Å². The fourth-order valence-corrected chi connectivity index (χ4v) is 4.46. The van der Waals surface area contributed by atoms with Crippen LogP contribution in [-0.4, -0.2) is 41.7 Å². The van der Waals surface area contributed by atoms with Crippen LogP contribution in [-0.2, 0) is 20.5 Å². The number of carbonyl (C=O) groups is 1. The maximum absolute atomic E-state index is 13.8. The molecule has 3 aromatic heterocycles. The normalized spacial score (nSPS) is 15.9. The van der Waals surface area contributed by atoms with E-state index in [4.69, 9.17) is 0 Å². The maximum atomic E-state index is 13.8. The van der Waals surface area contributed by atoms with Crippen LogP contribution >= 0.6 is 0 Å². The fourth-order valence-electron chi connectivity index (χ4n) is 4.46. The number of amides is 1. The van der Waals surface area contributed by atoms with Crippen LogP contribution in [0.1, 0.15) is 34.7 Å². The van der Waals surface area contributed by atoms with Gasteiger partial charge in [0.05, 0.1) is 22.8 Å². The van der Waals surface area contributed by atoms with E-state index in [9.17, 15) is 18.0 Å². The second kappa shape index (κ2) is 7.18. The van der Waals surface area contributed by atoms with Crippen LogP contribution in [0.3, 0.4) is 0 Å². The zero-order valence-electron chi connectivity index (χ0n) is 17.6. The minimum Gasteiger partial charge on any atom is -0.335 e. The number of halogens is 3. The molecule has 0 unspecified atom stereocenters. The molecular formula is C22H19F3N6O. The first kappa shape index (κ1) is 20.2. The van der Waals surface area contributed by atoms with Crippen molar-refractivity contribution in [3.05, 3.63) is 65.1 Å². The van der Waals surface area contributed by atoms with Crippen LogP contribution < -0.4 is 0 Å². The van der Waals surface area contributed by atoms with Crippen LogP contribution in [0.5, 0.6) is 0 Å². The third-order valence-electron chi connectivity index (χ3n) is 6.02. The van der Waals surface area contributed by atoms with Crippen molar-refractivity contribution in [3.8, 4) is 11.3 Å². The van der Waals surface area contributed by atoms with Crippen molar-refractivity contribution < 1.29 is 18.0 Å². The van der Waals surface area contributed by atoms with E-state index >= 15 is 0 Å². The third-order valence-corrected chi connectivity index (χ3v) is 6.02. The number of hydrogen-bond acceptors (Lipinski definition) is 4. The zero-order chi connectivity index (χ0) is 22.7. The molecule has 164 valence electrons. The molecule has 1 amide bonds. The van der Waals surface area contributed by atoms with E-state index in [0.717, 1.165) is 17.7 Å². The average molecular weight is 440 g/mol. The van der Waals surface area contributed by atoms with Crippen molar-refractivity contribution in [2.24, 2.45) is 14.1 Å². The summed E-state index contributed by atoms with van der Waals surface area (Å²) in [6, 6.07) is 3.34. The molecule has 1 atom stereocenters. The van der Waals surface area contributed by atoms with Gasteiger partial charge in [-0.15, -0.1) is 0 Å². The molecule has 4 heterocycles. The number of aryl methyl sites for hydroxylation is 2. The average Bonchev–Trinajstić information content (AvgIpc) is 3.31. The lowest BCUT2D eigenvalue weighted by Gasteiger charge is -2.32. The lowest BCUT2D eigenvalue weighted by atomic mass is 9.95. The van der Waals surface area contributed by atoms with Gasteiger partial charge < -0.3 is 9.47 Å². The summed E-state index contributed by atoms with van der Waals surface area (Å²) in [5.74, 6) is -4.27. The van der Waals surface area contributed by atoms with Crippen molar-refractivity contribution in [1.82, 2.24) is 29.2 Å². The molecule has 0 saturated heterocycles. The van der Waals surface area contributed by atoms with E-state index in [1.54, 1.807) is 18.0 Å². The van der Waals surface area contributed by atoms with Crippen molar-refractivity contribution in [2.45, 2.75) is 19.4 Å². The summed E-state index contributed by atoms with van der Waals surface area (Å²) in [5.41, 5.74) is 3.09. The van der Waals surface area contributed by atoms with Crippen molar-refractivity contribution in [2.75, 3.05) is 6.54 Å². The van der Waals surface area contributed by atoms with E-state index in [1.807, 2.05) is 24.7 Å². The molecule has 7 nitrogen and oxygen atoms in total. The van der Waals surface area contributed by atoms with Gasteiger partial charge in [0.25, 0.3) is 5.91 Å². The highest BCUT2D eigenvalue weighted by Crippen LogP contribution is 2.37. The van der Waals surface area contributed by atoms with Crippen LogP contribution in [0, 0.1) is 17.5 Å². The zero-order valence-corrected chi connectivity index (χ0v) is 17.6. The number of fused-ring (bicyclic) bond motifs is 2. The third kappa shape index (κ3) is 2.89. The Morgan fingerprint density at radius 2 is 1.84 bits per heavy atom. The standard InChI is InChI=1S/C22H19F3N6O/c1-11-18-13(20(30(3)28-18)12-8-15(23)17(25)16(24)9-12)5-7-31(11)22(32)19-14-4-6-29(2)21(14)27-10-26-19/h4,6,8-11H,5,7H2,1-3H3/t11-/m0/s1. The molecule has 0 spiro atoms. The van der Waals surface area contributed by atoms with Crippen LogP contribution in [0.2, 0.25) is 0 Å². The predicted octanol–water partition coefficient (Wildman–Crippen LogP) is 3.55. The van der Waals surface area contributed by atoms with Gasteiger partial charge in [0.15, 0.2) is 17.5 Å². The largest absolute Gasteiger partial charge is 0.335 e. The molecule has 0 aliphatic carbocycles. The molecule has 1 aliphatic heterocycles. The van der Waals surface area contributed by atoms with Crippen molar-refractivity contribution >= 4 is 16.9 Å². The molecule has 1 aliphatic rings. The summed E-state index contributed by atoms with van der Waals surface area (Å²) in [7, 11) is 3.50. The van der Waals surface area contributed by atoms with Gasteiger partial charge in [0.1, 0.15) is 17.7 Å². The maximum Gasteiger partial charge on any atom is 0.273 e. The van der Waals surface area contributed by atoms with Gasteiger partial charge in [0.2, 0.25) is 0 Å². The monoisotopic (exact) mass is 440 g/mol. The first-order chi connectivity index (χ1) is 15.3. The van der Waals surface area contributed by atoms with Crippen molar-refractivity contribution in [3.63, 3.8) is 0 Å². The molecule has 5 rings (SSSR count). The number of hydrogen-bond donors (Lipinski definition) is 0. The SMILES string of the molecule is C[C@H]1c2nn(C)c(-c3cc(F)c(F)c(F)c3)c2CCN1C(=O)c1ncnc2c1ccn2C. The van der Waals surface area contributed by atoms with Gasteiger partial charge in [-0.2, -0.15) is 5.10 Å². The lowest BCUT2D eigenvalue weighted by molar-refractivity contribution is 0.0669. The topological polar surface area (TPSA) is 68.8 Å². The quantitative estimate of drug-likeness (QED) is 0.447. The Morgan fingerprint density at radius 3 is 2.56 bits per heavy atom. The molecule has 0 fully saturated rings. The van der Waals surface area contributed by atoms with E-state index in [0.29, 0.717) is 41.1 Å². The minimum absolute atomic E-state index is 0.200. The first-order valence-electron chi connectivity index (χ1n) is 10.1. The Hall–Kier alpha value is -3.69. The molecule has 10 heteroatoms. The highest BCUT2D eigenvalue weighted by Gasteiger charge is 2.34. The van der Waals surface area contributed by atoms with Gasteiger partial charge in [-0.3, -0.25) is 9.48 Å². The molecule has 0 radical (unpaired) electrons. The Morgan fingerprint density at radius 1 is 1.12 bits per heavy atom. The minimum atomic E-state index is -1.51. The van der Waals surface area contributed by atoms with Crippen LogP contribution in [0.4, 0.5) is 13.2 Å². The smallest absolute Gasteiger partial charge is 0.273 e. The summed E-state index contributed by atoms with van der Waals surface area (Å²) in [4.78, 5) is 23.5. The number of rotatable bonds is 2. The van der Waals surface area contributed by atoms with E-state index in [1.165, 1.54) is 11.0 Å². The fraction of sp³-hybridized carbons (Fsp3) is 0.273. The highest BCUT2D eigenvalue weighted by molar-refractivity contribution is 6.04. The van der Waals surface area contributed by atoms with Gasteiger partial charge in [-0.25, -0.2) is 23.1 Å². The summed E-state index contributed by atoms with van der Waals surface area (Å²) in [6.07, 6.45) is 3.62. The molecular weight excluding hydrogens is 421 g/mol. The first-order valence-corrected chi connectivity index (χ1v) is 10.1. The predicted molar refractivity (Wildman–Crippen MR) is 110 cm³/mol. The molecule has 0 N–H and O–H groups in total. The van der Waals surface area contributed by atoms with Gasteiger partial charge >= 0.3 is 0 Å². The Balaban J connectivity index is 1.54. The van der Waals surface area contributed by atoms with Gasteiger partial charge in [0, 0.05) is 38.0 Å². The Kier molecular flexibility index (Phi) is 4.54. The van der Waals surface area contributed by atoms with E-state index < -0.39 is 23.5 Å².